The number of methoxy groups -OCH3 is 1. The second kappa shape index (κ2) is 4.85. The molecule has 1 aliphatic rings. The van der Waals surface area contributed by atoms with Crippen LogP contribution in [0.15, 0.2) is 24.3 Å². The van der Waals surface area contributed by atoms with E-state index in [1.54, 1.807) is 0 Å². The van der Waals surface area contributed by atoms with Crippen LogP contribution in [0.2, 0.25) is 0 Å². The molecule has 2 rings (SSSR count). The quantitative estimate of drug-likeness (QED) is 0.634. The molecule has 0 bridgehead atoms. The Morgan fingerprint density at radius 2 is 2.25 bits per heavy atom. The Hall–Kier alpha value is -1.06. The third-order valence-corrected chi connectivity index (χ3v) is 3.37. The average Bonchev–Trinajstić information content (AvgIpc) is 2.36. The first-order valence-corrected chi connectivity index (χ1v) is 5.66. The highest BCUT2D eigenvalue weighted by Gasteiger charge is 2.31. The number of fused-ring (bicyclic) bond motifs is 1. The fourth-order valence-electron chi connectivity index (χ4n) is 2.27. The second-order valence-corrected chi connectivity index (χ2v) is 4.24. The highest BCUT2D eigenvalue weighted by atomic mass is 35.5. The van der Waals surface area contributed by atoms with Gasteiger partial charge in [0.15, 0.2) is 0 Å². The van der Waals surface area contributed by atoms with E-state index in [0.717, 1.165) is 12.0 Å². The summed E-state index contributed by atoms with van der Waals surface area (Å²) in [5.74, 6) is -0.393. The summed E-state index contributed by atoms with van der Waals surface area (Å²) in [7, 11) is 1.42. The Labute approximate surface area is 99.9 Å². The number of ether oxygens (including phenoxy) is 1. The summed E-state index contributed by atoms with van der Waals surface area (Å²) < 4.78 is 4.83. The molecule has 1 N–H and O–H groups in total. The molecule has 0 heterocycles. The molecule has 0 fully saturated rings. The maximum absolute atomic E-state index is 11.7. The maximum Gasteiger partial charge on any atom is 0.313 e. The molecule has 0 saturated carbocycles. The van der Waals surface area contributed by atoms with Gasteiger partial charge < -0.3 is 4.74 Å². The molecule has 16 heavy (non-hydrogen) atoms. The lowest BCUT2D eigenvalue weighted by Gasteiger charge is -2.28. The van der Waals surface area contributed by atoms with Crippen molar-refractivity contribution in [2.75, 3.05) is 7.11 Å². The second-order valence-electron chi connectivity index (χ2n) is 4.02. The number of rotatable bonds is 2. The number of hydrogen-bond acceptors (Lipinski definition) is 3. The third-order valence-electron chi connectivity index (χ3n) is 3.06. The van der Waals surface area contributed by atoms with Crippen LogP contribution in [-0.2, 0) is 16.0 Å². The van der Waals surface area contributed by atoms with E-state index >= 15 is 0 Å². The van der Waals surface area contributed by atoms with Gasteiger partial charge in [-0.05, 0) is 35.7 Å². The van der Waals surface area contributed by atoms with Gasteiger partial charge in [0.25, 0.3) is 0 Å². The SMILES string of the molecule is COC(=O)[C@@H]1C[C@@H](NCl)Cc2ccccc21. The molecule has 3 nitrogen and oxygen atoms in total. The molecule has 0 saturated heterocycles. The van der Waals surface area contributed by atoms with Crippen molar-refractivity contribution in [3.8, 4) is 0 Å². The zero-order valence-electron chi connectivity index (χ0n) is 9.07. The molecule has 1 aromatic carbocycles. The van der Waals surface area contributed by atoms with Gasteiger partial charge in [-0.3, -0.25) is 4.79 Å². The lowest BCUT2D eigenvalue weighted by Crippen LogP contribution is -2.34. The number of halogens is 1. The van der Waals surface area contributed by atoms with Gasteiger partial charge >= 0.3 is 5.97 Å². The summed E-state index contributed by atoms with van der Waals surface area (Å²) in [6.45, 7) is 0. The van der Waals surface area contributed by atoms with Crippen LogP contribution in [0.3, 0.4) is 0 Å². The molecular weight excluding hydrogens is 226 g/mol. The monoisotopic (exact) mass is 239 g/mol. The molecule has 86 valence electrons. The van der Waals surface area contributed by atoms with Crippen LogP contribution in [-0.4, -0.2) is 19.1 Å². The van der Waals surface area contributed by atoms with Crippen LogP contribution in [0.4, 0.5) is 0 Å². The van der Waals surface area contributed by atoms with Crippen molar-refractivity contribution in [2.24, 2.45) is 0 Å². The molecule has 1 aromatic rings. The summed E-state index contributed by atoms with van der Waals surface area (Å²) in [5.41, 5.74) is 2.24. The first kappa shape index (κ1) is 11.4. The van der Waals surface area contributed by atoms with E-state index in [0.29, 0.717) is 6.42 Å². The maximum atomic E-state index is 11.7. The van der Waals surface area contributed by atoms with E-state index in [4.69, 9.17) is 16.5 Å². The highest BCUT2D eigenvalue weighted by Crippen LogP contribution is 2.32. The number of carbonyl (C=O) groups is 1. The summed E-state index contributed by atoms with van der Waals surface area (Å²) in [5, 5.41) is 0. The number of esters is 1. The summed E-state index contributed by atoms with van der Waals surface area (Å²) in [6.07, 6.45) is 1.54. The van der Waals surface area contributed by atoms with E-state index in [1.165, 1.54) is 12.7 Å². The molecule has 0 aliphatic heterocycles. The Balaban J connectivity index is 2.35. The van der Waals surface area contributed by atoms with Crippen molar-refractivity contribution in [1.82, 2.24) is 4.84 Å². The number of carbonyl (C=O) groups excluding carboxylic acids is 1. The van der Waals surface area contributed by atoms with Gasteiger partial charge in [-0.25, -0.2) is 4.84 Å². The van der Waals surface area contributed by atoms with Gasteiger partial charge in [0.05, 0.1) is 13.0 Å². The van der Waals surface area contributed by atoms with Crippen LogP contribution in [0, 0.1) is 0 Å². The zero-order chi connectivity index (χ0) is 11.5. The third kappa shape index (κ3) is 2.06. The molecule has 4 heteroatoms. The normalized spacial score (nSPS) is 23.6. The van der Waals surface area contributed by atoms with Crippen molar-refractivity contribution in [3.63, 3.8) is 0 Å². The van der Waals surface area contributed by atoms with Crippen LogP contribution in [0.1, 0.15) is 23.5 Å². The Kier molecular flexibility index (Phi) is 3.46. The van der Waals surface area contributed by atoms with Crippen molar-refractivity contribution >= 4 is 17.7 Å². The van der Waals surface area contributed by atoms with E-state index in [1.807, 2.05) is 24.3 Å². The molecule has 1 aliphatic carbocycles. The predicted octanol–water partition coefficient (Wildman–Crippen LogP) is 2.00. The van der Waals surface area contributed by atoms with Gasteiger partial charge in [-0.15, -0.1) is 0 Å². The Morgan fingerprint density at radius 3 is 2.94 bits per heavy atom. The minimum Gasteiger partial charge on any atom is -0.469 e. The lowest BCUT2D eigenvalue weighted by molar-refractivity contribution is -0.142. The molecule has 0 amide bonds. The van der Waals surface area contributed by atoms with Crippen LogP contribution in [0.5, 0.6) is 0 Å². The van der Waals surface area contributed by atoms with Crippen molar-refractivity contribution in [1.29, 1.82) is 0 Å². The number of hydrogen-bond donors (Lipinski definition) is 1. The summed E-state index contributed by atoms with van der Waals surface area (Å²) in [6, 6.07) is 8.07. The van der Waals surface area contributed by atoms with Gasteiger partial charge in [0.2, 0.25) is 0 Å². The minimum atomic E-state index is -0.203. The van der Waals surface area contributed by atoms with Gasteiger partial charge in [0.1, 0.15) is 0 Å². The fraction of sp³-hybridized carbons (Fsp3) is 0.417. The molecule has 0 spiro atoms. The topological polar surface area (TPSA) is 38.3 Å². The van der Waals surface area contributed by atoms with Gasteiger partial charge in [0, 0.05) is 6.04 Å². The number of nitrogens with one attached hydrogen (secondary N) is 1. The van der Waals surface area contributed by atoms with Crippen molar-refractivity contribution in [2.45, 2.75) is 24.8 Å². The molecule has 0 aromatic heterocycles. The first-order chi connectivity index (χ1) is 7.76. The Morgan fingerprint density at radius 1 is 1.50 bits per heavy atom. The average molecular weight is 240 g/mol. The summed E-state index contributed by atoms with van der Waals surface area (Å²) in [4.78, 5) is 14.4. The Bertz CT molecular complexity index is 394. The predicted molar refractivity (Wildman–Crippen MR) is 62.3 cm³/mol. The van der Waals surface area contributed by atoms with Crippen LogP contribution >= 0.6 is 11.8 Å². The van der Waals surface area contributed by atoms with Gasteiger partial charge in [-0.2, -0.15) is 0 Å². The minimum absolute atomic E-state index is 0.126. The van der Waals surface area contributed by atoms with E-state index in [-0.39, 0.29) is 17.9 Å². The van der Waals surface area contributed by atoms with Crippen LogP contribution < -0.4 is 4.84 Å². The smallest absolute Gasteiger partial charge is 0.313 e. The molecule has 2 atom stereocenters. The summed E-state index contributed by atoms with van der Waals surface area (Å²) >= 11 is 5.66. The van der Waals surface area contributed by atoms with Gasteiger partial charge in [-0.1, -0.05) is 24.3 Å². The zero-order valence-corrected chi connectivity index (χ0v) is 9.83. The first-order valence-electron chi connectivity index (χ1n) is 5.28. The molecule has 0 radical (unpaired) electrons. The lowest BCUT2D eigenvalue weighted by atomic mass is 9.80. The standard InChI is InChI=1S/C12H14ClNO2/c1-16-12(15)11-7-9(14-13)6-8-4-2-3-5-10(8)11/h2-5,9,11,14H,6-7H2,1H3/t9-,11+/m0/s1. The van der Waals surface area contributed by atoms with E-state index in [9.17, 15) is 4.79 Å². The van der Waals surface area contributed by atoms with E-state index < -0.39 is 0 Å². The largest absolute Gasteiger partial charge is 0.469 e. The fourth-order valence-corrected chi connectivity index (χ4v) is 2.44. The number of benzene rings is 1. The molecule has 0 unspecified atom stereocenters. The van der Waals surface area contributed by atoms with Crippen molar-refractivity contribution in [3.05, 3.63) is 35.4 Å². The van der Waals surface area contributed by atoms with Crippen molar-refractivity contribution < 1.29 is 9.53 Å². The van der Waals surface area contributed by atoms with Crippen LogP contribution in [0.25, 0.3) is 0 Å². The van der Waals surface area contributed by atoms with E-state index in [2.05, 4.69) is 4.84 Å². The molecular formula is C12H14ClNO2. The highest BCUT2D eigenvalue weighted by molar-refractivity contribution is 6.13.